The normalized spacial score (nSPS) is 19.3. The van der Waals surface area contributed by atoms with Crippen LogP contribution < -0.4 is 14.2 Å². The van der Waals surface area contributed by atoms with Gasteiger partial charge in [0, 0.05) is 25.2 Å². The fourth-order valence-electron chi connectivity index (χ4n) is 3.65. The number of rotatable bonds is 6. The summed E-state index contributed by atoms with van der Waals surface area (Å²) >= 11 is 0. The van der Waals surface area contributed by atoms with Crippen LogP contribution in [0.2, 0.25) is 0 Å². The summed E-state index contributed by atoms with van der Waals surface area (Å²) in [4.78, 5) is 13.1. The molecule has 1 atom stereocenters. The number of nitrogens with zero attached hydrogens (tertiary/aromatic N) is 1. The minimum absolute atomic E-state index is 0.0572. The molecule has 1 N–H and O–H groups in total. The summed E-state index contributed by atoms with van der Waals surface area (Å²) in [6.45, 7) is 1.72. The molecule has 2 aromatic rings. The summed E-state index contributed by atoms with van der Waals surface area (Å²) < 4.78 is 30.8. The van der Waals surface area contributed by atoms with Crippen LogP contribution in [0.5, 0.6) is 17.2 Å². The van der Waals surface area contributed by atoms with E-state index >= 15 is 0 Å². The summed E-state index contributed by atoms with van der Waals surface area (Å²) in [7, 11) is 1.50. The van der Waals surface area contributed by atoms with Crippen LogP contribution in [0.1, 0.15) is 11.1 Å². The van der Waals surface area contributed by atoms with E-state index in [1.807, 2.05) is 18.2 Å². The molecule has 6 nitrogen and oxygen atoms in total. The lowest BCUT2D eigenvalue weighted by atomic mass is 9.93. The highest BCUT2D eigenvalue weighted by molar-refractivity contribution is 5.71. The predicted molar refractivity (Wildman–Crippen MR) is 99.4 cm³/mol. The molecule has 28 heavy (non-hydrogen) atoms. The smallest absolute Gasteiger partial charge is 0.309 e. The van der Waals surface area contributed by atoms with E-state index in [0.717, 1.165) is 17.7 Å². The zero-order valence-corrected chi connectivity index (χ0v) is 15.6. The molecular formula is C21H22FNO5. The number of hydrogen-bond donors (Lipinski definition) is 1. The first-order chi connectivity index (χ1) is 13.5. The second kappa shape index (κ2) is 7.67. The average molecular weight is 387 g/mol. The van der Waals surface area contributed by atoms with Gasteiger partial charge in [-0.25, -0.2) is 4.39 Å². The summed E-state index contributed by atoms with van der Waals surface area (Å²) in [5.41, 5.74) is 1.43. The van der Waals surface area contributed by atoms with Gasteiger partial charge in [0.05, 0.1) is 18.6 Å². The Labute approximate surface area is 162 Å². The third-order valence-electron chi connectivity index (χ3n) is 5.38. The maximum atomic E-state index is 14.0. The van der Waals surface area contributed by atoms with E-state index in [-0.39, 0.29) is 24.4 Å². The second-order valence-electron chi connectivity index (χ2n) is 7.14. The third kappa shape index (κ3) is 3.62. The molecule has 2 aliphatic rings. The fraction of sp³-hybridized carbons (Fsp3) is 0.381. The largest absolute Gasteiger partial charge is 0.496 e. The number of halogens is 1. The Hall–Kier alpha value is -2.80. The van der Waals surface area contributed by atoms with Crippen molar-refractivity contribution in [3.63, 3.8) is 0 Å². The molecule has 0 amide bonds. The zero-order valence-electron chi connectivity index (χ0n) is 15.6. The van der Waals surface area contributed by atoms with Gasteiger partial charge in [-0.3, -0.25) is 9.69 Å². The minimum Gasteiger partial charge on any atom is -0.496 e. The van der Waals surface area contributed by atoms with Crippen molar-refractivity contribution in [1.82, 2.24) is 4.90 Å². The third-order valence-corrected chi connectivity index (χ3v) is 5.38. The van der Waals surface area contributed by atoms with Crippen LogP contribution in [0, 0.1) is 11.7 Å². The molecule has 0 spiro atoms. The number of aliphatic carboxylic acids is 1. The van der Waals surface area contributed by atoms with Gasteiger partial charge in [-0.05, 0) is 30.2 Å². The van der Waals surface area contributed by atoms with Crippen molar-refractivity contribution in [2.24, 2.45) is 5.92 Å². The van der Waals surface area contributed by atoms with Gasteiger partial charge in [0.15, 0.2) is 0 Å². The van der Waals surface area contributed by atoms with Crippen molar-refractivity contribution >= 4 is 5.97 Å². The second-order valence-corrected chi connectivity index (χ2v) is 7.14. The van der Waals surface area contributed by atoms with Crippen LogP contribution in [-0.2, 0) is 17.8 Å². The monoisotopic (exact) mass is 387 g/mol. The molecule has 0 aliphatic carbocycles. The number of ether oxygens (including phenoxy) is 3. The standard InChI is InChI=1S/C21H22FNO5/c1-26-19-4-2-3-18(22)17(19)12-27-16-6-5-13-7-15(11-28-20(13)8-16)23-9-14(10-23)21(24)25/h2-6,8,14-15H,7,9-12H2,1H3,(H,24,25). The van der Waals surface area contributed by atoms with E-state index in [2.05, 4.69) is 4.90 Å². The minimum atomic E-state index is -0.735. The molecule has 0 bridgehead atoms. The van der Waals surface area contributed by atoms with Crippen LogP contribution in [0.15, 0.2) is 36.4 Å². The van der Waals surface area contributed by atoms with Crippen LogP contribution >= 0.6 is 0 Å². The van der Waals surface area contributed by atoms with E-state index in [0.29, 0.717) is 36.8 Å². The van der Waals surface area contributed by atoms with E-state index in [1.54, 1.807) is 12.1 Å². The molecule has 2 heterocycles. The van der Waals surface area contributed by atoms with Crippen LogP contribution in [0.4, 0.5) is 4.39 Å². The summed E-state index contributed by atoms with van der Waals surface area (Å²) in [5.74, 6) is 0.424. The van der Waals surface area contributed by atoms with Crippen molar-refractivity contribution in [2.75, 3.05) is 26.8 Å². The molecule has 2 aliphatic heterocycles. The number of benzene rings is 2. The van der Waals surface area contributed by atoms with Crippen molar-refractivity contribution in [2.45, 2.75) is 19.1 Å². The Bertz CT molecular complexity index is 881. The van der Waals surface area contributed by atoms with E-state index in [4.69, 9.17) is 19.3 Å². The Morgan fingerprint density at radius 2 is 2.14 bits per heavy atom. The molecule has 0 saturated carbocycles. The summed E-state index contributed by atoms with van der Waals surface area (Å²) in [6.07, 6.45) is 0.809. The predicted octanol–water partition coefficient (Wildman–Crippen LogP) is 2.73. The van der Waals surface area contributed by atoms with Crippen molar-refractivity contribution in [3.8, 4) is 17.2 Å². The van der Waals surface area contributed by atoms with E-state index < -0.39 is 5.97 Å². The van der Waals surface area contributed by atoms with Gasteiger partial charge < -0.3 is 19.3 Å². The van der Waals surface area contributed by atoms with Gasteiger partial charge in [-0.1, -0.05) is 12.1 Å². The Kier molecular flexibility index (Phi) is 5.09. The molecule has 4 rings (SSSR count). The maximum Gasteiger partial charge on any atom is 0.309 e. The molecule has 0 radical (unpaired) electrons. The molecule has 1 fully saturated rings. The molecule has 7 heteroatoms. The lowest BCUT2D eigenvalue weighted by Gasteiger charge is -2.43. The molecule has 148 valence electrons. The maximum absolute atomic E-state index is 14.0. The van der Waals surface area contributed by atoms with Crippen LogP contribution in [0.25, 0.3) is 0 Å². The first kappa shape index (κ1) is 18.6. The topological polar surface area (TPSA) is 68.2 Å². The number of likely N-dealkylation sites (tertiary alicyclic amines) is 1. The highest BCUT2D eigenvalue weighted by Crippen LogP contribution is 2.33. The first-order valence-electron chi connectivity index (χ1n) is 9.22. The van der Waals surface area contributed by atoms with Crippen LogP contribution in [0.3, 0.4) is 0 Å². The lowest BCUT2D eigenvalue weighted by Crippen LogP contribution is -2.57. The Balaban J connectivity index is 1.39. The van der Waals surface area contributed by atoms with Crippen molar-refractivity contribution in [3.05, 3.63) is 53.3 Å². The number of carboxylic acid groups (broad SMARTS) is 1. The number of carbonyl (C=O) groups is 1. The van der Waals surface area contributed by atoms with Gasteiger partial charge in [-0.15, -0.1) is 0 Å². The average Bonchev–Trinajstić information content (AvgIpc) is 2.65. The SMILES string of the molecule is COc1cccc(F)c1COc1ccc2c(c1)OCC(N1CC(C(=O)O)C1)C2. The fourth-order valence-corrected chi connectivity index (χ4v) is 3.65. The quantitative estimate of drug-likeness (QED) is 0.822. The van der Waals surface area contributed by atoms with Gasteiger partial charge in [0.25, 0.3) is 0 Å². The first-order valence-corrected chi connectivity index (χ1v) is 9.22. The number of fused-ring (bicyclic) bond motifs is 1. The van der Waals surface area contributed by atoms with Gasteiger partial charge >= 0.3 is 5.97 Å². The Morgan fingerprint density at radius 3 is 2.89 bits per heavy atom. The number of methoxy groups -OCH3 is 1. The van der Waals surface area contributed by atoms with Gasteiger partial charge in [-0.2, -0.15) is 0 Å². The zero-order chi connectivity index (χ0) is 19.7. The summed E-state index contributed by atoms with van der Waals surface area (Å²) in [6, 6.07) is 10.5. The number of carboxylic acids is 1. The van der Waals surface area contributed by atoms with Crippen LogP contribution in [-0.4, -0.2) is 48.8 Å². The molecule has 1 saturated heterocycles. The number of hydrogen-bond acceptors (Lipinski definition) is 5. The highest BCUT2D eigenvalue weighted by atomic mass is 19.1. The highest BCUT2D eigenvalue weighted by Gasteiger charge is 2.38. The van der Waals surface area contributed by atoms with E-state index in [9.17, 15) is 9.18 Å². The molecule has 2 aromatic carbocycles. The van der Waals surface area contributed by atoms with Crippen molar-refractivity contribution < 1.29 is 28.5 Å². The Morgan fingerprint density at radius 1 is 1.32 bits per heavy atom. The van der Waals surface area contributed by atoms with E-state index in [1.165, 1.54) is 13.2 Å². The van der Waals surface area contributed by atoms with Crippen molar-refractivity contribution in [1.29, 1.82) is 0 Å². The summed E-state index contributed by atoms with van der Waals surface area (Å²) in [5, 5.41) is 9.02. The molecular weight excluding hydrogens is 365 g/mol. The lowest BCUT2D eigenvalue weighted by molar-refractivity contribution is -0.149. The molecule has 0 aromatic heterocycles. The van der Waals surface area contributed by atoms with Gasteiger partial charge in [0.2, 0.25) is 0 Å². The molecule has 1 unspecified atom stereocenters. The van der Waals surface area contributed by atoms with Gasteiger partial charge in [0.1, 0.15) is 36.3 Å².